The molecule has 9 heteroatoms. The first-order chi connectivity index (χ1) is 14.9. The SMILES string of the molecule is C[C@H](CO)C(=O)N(C1CCCCC1)[C@H]1CCN(NC(=O)[C@H](N)Cc2ccc(Cl)cc2)C1.Cl. The van der Waals surface area contributed by atoms with Crippen LogP contribution in [0.25, 0.3) is 0 Å². The summed E-state index contributed by atoms with van der Waals surface area (Å²) in [5.74, 6) is -0.611. The second-order valence-corrected chi connectivity index (χ2v) is 9.36. The zero-order valence-corrected chi connectivity index (χ0v) is 20.3. The Balaban J connectivity index is 0.00000363. The van der Waals surface area contributed by atoms with Gasteiger partial charge in [0.25, 0.3) is 5.91 Å². The highest BCUT2D eigenvalue weighted by Gasteiger charge is 2.37. The topological polar surface area (TPSA) is 98.9 Å². The lowest BCUT2D eigenvalue weighted by Crippen LogP contribution is -2.53. The molecule has 0 unspecified atom stereocenters. The van der Waals surface area contributed by atoms with Crippen molar-refractivity contribution in [3.8, 4) is 0 Å². The summed E-state index contributed by atoms with van der Waals surface area (Å²) in [5, 5.41) is 12.1. The Morgan fingerprint density at radius 3 is 2.47 bits per heavy atom. The largest absolute Gasteiger partial charge is 0.396 e. The van der Waals surface area contributed by atoms with Gasteiger partial charge in [0, 0.05) is 30.2 Å². The van der Waals surface area contributed by atoms with E-state index in [1.54, 1.807) is 19.1 Å². The van der Waals surface area contributed by atoms with E-state index < -0.39 is 12.0 Å². The predicted molar refractivity (Wildman–Crippen MR) is 128 cm³/mol. The molecule has 3 rings (SSSR count). The summed E-state index contributed by atoms with van der Waals surface area (Å²) >= 11 is 5.91. The number of halogens is 2. The second kappa shape index (κ2) is 12.8. The molecule has 2 fully saturated rings. The van der Waals surface area contributed by atoms with E-state index in [-0.39, 0.29) is 42.9 Å². The van der Waals surface area contributed by atoms with Crippen molar-refractivity contribution in [2.75, 3.05) is 19.7 Å². The first-order valence-corrected chi connectivity index (χ1v) is 11.7. The maximum Gasteiger partial charge on any atom is 0.251 e. The van der Waals surface area contributed by atoms with Gasteiger partial charge in [-0.2, -0.15) is 0 Å². The molecule has 4 N–H and O–H groups in total. The fourth-order valence-corrected chi connectivity index (χ4v) is 4.75. The minimum Gasteiger partial charge on any atom is -0.396 e. The summed E-state index contributed by atoms with van der Waals surface area (Å²) in [5.41, 5.74) is 10.0. The molecule has 1 saturated carbocycles. The van der Waals surface area contributed by atoms with Crippen LogP contribution in [0.2, 0.25) is 5.02 Å². The zero-order valence-electron chi connectivity index (χ0n) is 18.7. The number of hydrazine groups is 1. The van der Waals surface area contributed by atoms with Crippen LogP contribution in [0.3, 0.4) is 0 Å². The number of nitrogens with two attached hydrogens (primary N) is 1. The van der Waals surface area contributed by atoms with Crippen LogP contribution in [-0.4, -0.2) is 64.7 Å². The van der Waals surface area contributed by atoms with Gasteiger partial charge in [-0.15, -0.1) is 12.4 Å². The van der Waals surface area contributed by atoms with Crippen LogP contribution in [0.5, 0.6) is 0 Å². The molecule has 3 atom stereocenters. The number of hydrogen-bond donors (Lipinski definition) is 3. The third kappa shape index (κ3) is 7.06. The second-order valence-electron chi connectivity index (χ2n) is 8.92. The molecule has 2 amide bonds. The normalized spacial score (nSPS) is 21.4. The van der Waals surface area contributed by atoms with Crippen molar-refractivity contribution in [3.63, 3.8) is 0 Å². The predicted octanol–water partition coefficient (Wildman–Crippen LogP) is 2.53. The number of carbonyl (C=O) groups is 2. The van der Waals surface area contributed by atoms with Gasteiger partial charge in [0.1, 0.15) is 0 Å². The van der Waals surface area contributed by atoms with Crippen LogP contribution in [0, 0.1) is 5.92 Å². The average Bonchev–Trinajstić information content (AvgIpc) is 3.23. The van der Waals surface area contributed by atoms with Gasteiger partial charge in [-0.3, -0.25) is 15.0 Å². The van der Waals surface area contributed by atoms with Gasteiger partial charge in [0.05, 0.1) is 18.6 Å². The first-order valence-electron chi connectivity index (χ1n) is 11.4. The van der Waals surface area contributed by atoms with E-state index in [0.29, 0.717) is 24.5 Å². The Morgan fingerprint density at radius 1 is 1.19 bits per heavy atom. The van der Waals surface area contributed by atoms with Gasteiger partial charge in [-0.05, 0) is 43.4 Å². The smallest absolute Gasteiger partial charge is 0.251 e. The molecule has 1 aromatic rings. The van der Waals surface area contributed by atoms with Gasteiger partial charge < -0.3 is 15.7 Å². The summed E-state index contributed by atoms with van der Waals surface area (Å²) in [4.78, 5) is 27.7. The van der Waals surface area contributed by atoms with Crippen molar-refractivity contribution < 1.29 is 14.7 Å². The van der Waals surface area contributed by atoms with Gasteiger partial charge in [-0.25, -0.2) is 5.01 Å². The number of amides is 2. The monoisotopic (exact) mass is 486 g/mol. The summed E-state index contributed by atoms with van der Waals surface area (Å²) in [7, 11) is 0. The molecule has 32 heavy (non-hydrogen) atoms. The van der Waals surface area contributed by atoms with Crippen molar-refractivity contribution in [3.05, 3.63) is 34.9 Å². The van der Waals surface area contributed by atoms with E-state index in [0.717, 1.165) is 37.7 Å². The van der Waals surface area contributed by atoms with Crippen LogP contribution < -0.4 is 11.2 Å². The Bertz CT molecular complexity index is 743. The van der Waals surface area contributed by atoms with Gasteiger partial charge in [0.15, 0.2) is 0 Å². The van der Waals surface area contributed by atoms with Crippen LogP contribution >= 0.6 is 24.0 Å². The standard InChI is InChI=1S/C23H35ClN4O3.ClH/c1-16(15-29)23(31)28(19-5-3-2-4-6-19)20-11-12-27(14-20)26-22(30)21(25)13-17-7-9-18(24)10-8-17;/h7-10,16,19-21,29H,2-6,11-15,25H2,1H3,(H,26,30);1H/t16-,20+,21-;/m1./s1. The highest BCUT2D eigenvalue weighted by molar-refractivity contribution is 6.30. The van der Waals surface area contributed by atoms with E-state index in [2.05, 4.69) is 5.43 Å². The fraction of sp³-hybridized carbons (Fsp3) is 0.652. The highest BCUT2D eigenvalue weighted by Crippen LogP contribution is 2.28. The molecular formula is C23H36Cl2N4O3. The number of nitrogens with one attached hydrogen (secondary N) is 1. The summed E-state index contributed by atoms with van der Waals surface area (Å²) < 4.78 is 0. The first kappa shape index (κ1) is 26.9. The third-order valence-corrected chi connectivity index (χ3v) is 6.70. The minimum atomic E-state index is -0.661. The van der Waals surface area contributed by atoms with Crippen molar-refractivity contribution in [2.45, 2.75) is 70.0 Å². The summed E-state index contributed by atoms with van der Waals surface area (Å²) in [6.45, 7) is 2.89. The lowest BCUT2D eigenvalue weighted by atomic mass is 9.92. The molecule has 1 aromatic carbocycles. The lowest BCUT2D eigenvalue weighted by Gasteiger charge is -2.40. The molecule has 180 valence electrons. The van der Waals surface area contributed by atoms with Crippen molar-refractivity contribution >= 4 is 35.8 Å². The molecule has 7 nitrogen and oxygen atoms in total. The van der Waals surface area contributed by atoms with Gasteiger partial charge in [-0.1, -0.05) is 49.9 Å². The number of carbonyl (C=O) groups excluding carboxylic acids is 2. The molecular weight excluding hydrogens is 451 g/mol. The Labute approximate surface area is 202 Å². The molecule has 1 aliphatic carbocycles. The van der Waals surface area contributed by atoms with Crippen LogP contribution in [-0.2, 0) is 16.0 Å². The molecule has 1 aliphatic heterocycles. The van der Waals surface area contributed by atoms with Crippen LogP contribution in [0.15, 0.2) is 24.3 Å². The van der Waals surface area contributed by atoms with Crippen LogP contribution in [0.4, 0.5) is 0 Å². The molecule has 1 heterocycles. The number of benzene rings is 1. The maximum absolute atomic E-state index is 13.1. The molecule has 0 radical (unpaired) electrons. The highest BCUT2D eigenvalue weighted by atomic mass is 35.5. The van der Waals surface area contributed by atoms with Crippen LogP contribution in [0.1, 0.15) is 51.0 Å². The zero-order chi connectivity index (χ0) is 22.4. The van der Waals surface area contributed by atoms with E-state index in [1.807, 2.05) is 22.0 Å². The molecule has 0 aromatic heterocycles. The maximum atomic E-state index is 13.1. The number of rotatable bonds is 8. The van der Waals surface area contributed by atoms with Crippen molar-refractivity contribution in [1.29, 1.82) is 0 Å². The summed E-state index contributed by atoms with van der Waals surface area (Å²) in [6.07, 6.45) is 6.74. The van der Waals surface area contributed by atoms with Gasteiger partial charge in [0.2, 0.25) is 5.91 Å². The van der Waals surface area contributed by atoms with Crippen molar-refractivity contribution in [2.24, 2.45) is 11.7 Å². The number of hydrogen-bond acceptors (Lipinski definition) is 5. The van der Waals surface area contributed by atoms with E-state index in [1.165, 1.54) is 6.42 Å². The molecule has 2 aliphatic rings. The number of aliphatic hydroxyl groups is 1. The number of nitrogens with zero attached hydrogens (tertiary/aromatic N) is 2. The van der Waals surface area contributed by atoms with E-state index in [4.69, 9.17) is 17.3 Å². The average molecular weight is 487 g/mol. The van der Waals surface area contributed by atoms with Crippen molar-refractivity contribution in [1.82, 2.24) is 15.3 Å². The minimum absolute atomic E-state index is 0. The quantitative estimate of drug-likeness (QED) is 0.524. The Morgan fingerprint density at radius 2 is 1.84 bits per heavy atom. The van der Waals surface area contributed by atoms with E-state index in [9.17, 15) is 14.7 Å². The van der Waals surface area contributed by atoms with Gasteiger partial charge >= 0.3 is 0 Å². The third-order valence-electron chi connectivity index (χ3n) is 6.45. The van der Waals surface area contributed by atoms with E-state index >= 15 is 0 Å². The Hall–Kier alpha value is -1.38. The lowest BCUT2D eigenvalue weighted by molar-refractivity contribution is -0.142. The molecule has 0 spiro atoms. The summed E-state index contributed by atoms with van der Waals surface area (Å²) in [6, 6.07) is 6.92. The molecule has 0 bridgehead atoms. The Kier molecular flexibility index (Phi) is 10.7. The molecule has 1 saturated heterocycles. The number of aliphatic hydroxyl groups excluding tert-OH is 1. The fourth-order valence-electron chi connectivity index (χ4n) is 4.63.